The van der Waals surface area contributed by atoms with Gasteiger partial charge in [0.05, 0.1) is 11.1 Å². The lowest BCUT2D eigenvalue weighted by molar-refractivity contribution is 0.821. The van der Waals surface area contributed by atoms with E-state index in [4.69, 9.17) is 4.98 Å². The topological polar surface area (TPSA) is 34.9 Å². The lowest BCUT2D eigenvalue weighted by Crippen LogP contribution is -2.21. The van der Waals surface area contributed by atoms with E-state index in [1.54, 1.807) is 27.7 Å². The second-order valence-corrected chi connectivity index (χ2v) is 9.36. The van der Waals surface area contributed by atoms with Crippen molar-refractivity contribution < 1.29 is 0 Å². The zero-order valence-corrected chi connectivity index (χ0v) is 18.8. The minimum Gasteiger partial charge on any atom is -0.268 e. The molecule has 0 atom stereocenters. The average molecular weight is 421 g/mol. The minimum absolute atomic E-state index is 0.0269. The Balaban J connectivity index is 1.87. The third-order valence-corrected chi connectivity index (χ3v) is 7.44. The standard InChI is InChI=1S/C24H24N2OS2/c1-5-20-17(4)21-22(29-20)25-24(28-14-18-8-6-7-16(3)13-18)26(23(21)27)19-11-9-15(2)10-12-19/h6-13H,5,14H2,1-4H3. The zero-order chi connectivity index (χ0) is 20.5. The molecule has 29 heavy (non-hydrogen) atoms. The molecule has 148 valence electrons. The summed E-state index contributed by atoms with van der Waals surface area (Å²) < 4.78 is 1.78. The number of thioether (sulfide) groups is 1. The van der Waals surface area contributed by atoms with Crippen LogP contribution < -0.4 is 5.56 Å². The first-order valence-electron chi connectivity index (χ1n) is 9.78. The molecule has 0 N–H and O–H groups in total. The largest absolute Gasteiger partial charge is 0.268 e. The van der Waals surface area contributed by atoms with Gasteiger partial charge < -0.3 is 0 Å². The van der Waals surface area contributed by atoms with Crippen molar-refractivity contribution in [1.29, 1.82) is 0 Å². The molecule has 0 unspecified atom stereocenters. The Morgan fingerprint density at radius 2 is 1.79 bits per heavy atom. The third kappa shape index (κ3) is 3.89. The van der Waals surface area contributed by atoms with Gasteiger partial charge in [-0.25, -0.2) is 4.98 Å². The van der Waals surface area contributed by atoms with E-state index >= 15 is 0 Å². The molecule has 0 radical (unpaired) electrons. The maximum atomic E-state index is 13.6. The fraction of sp³-hybridized carbons (Fsp3) is 0.250. The summed E-state index contributed by atoms with van der Waals surface area (Å²) in [5.41, 5.74) is 5.61. The Labute approximate surface area is 179 Å². The van der Waals surface area contributed by atoms with Crippen molar-refractivity contribution in [3.05, 3.63) is 86.0 Å². The van der Waals surface area contributed by atoms with Crippen LogP contribution in [-0.4, -0.2) is 9.55 Å². The van der Waals surface area contributed by atoms with Crippen molar-refractivity contribution in [1.82, 2.24) is 9.55 Å². The molecule has 4 aromatic rings. The van der Waals surface area contributed by atoms with Crippen molar-refractivity contribution >= 4 is 33.3 Å². The van der Waals surface area contributed by atoms with E-state index < -0.39 is 0 Å². The second kappa shape index (κ2) is 8.17. The summed E-state index contributed by atoms with van der Waals surface area (Å²) in [6.45, 7) is 8.32. The Kier molecular flexibility index (Phi) is 5.61. The van der Waals surface area contributed by atoms with Gasteiger partial charge in [0, 0.05) is 10.6 Å². The highest BCUT2D eigenvalue weighted by Gasteiger charge is 2.18. The van der Waals surface area contributed by atoms with Crippen LogP contribution in [0.2, 0.25) is 0 Å². The predicted octanol–water partition coefficient (Wildman–Crippen LogP) is 6.23. The van der Waals surface area contributed by atoms with Gasteiger partial charge >= 0.3 is 0 Å². The van der Waals surface area contributed by atoms with E-state index in [-0.39, 0.29) is 5.56 Å². The molecule has 0 spiro atoms. The number of nitrogens with zero attached hydrogens (tertiary/aromatic N) is 2. The van der Waals surface area contributed by atoms with Crippen LogP contribution in [0.3, 0.4) is 0 Å². The van der Waals surface area contributed by atoms with Crippen LogP contribution in [0.15, 0.2) is 58.5 Å². The SMILES string of the molecule is CCc1sc2nc(SCc3cccc(C)c3)n(-c3ccc(C)cc3)c(=O)c2c1C. The van der Waals surface area contributed by atoms with Crippen LogP contribution in [0.1, 0.15) is 34.1 Å². The molecule has 0 fully saturated rings. The molecule has 0 aliphatic carbocycles. The quantitative estimate of drug-likeness (QED) is 0.284. The molecule has 5 heteroatoms. The van der Waals surface area contributed by atoms with Crippen molar-refractivity contribution in [2.45, 2.75) is 45.0 Å². The Hall–Kier alpha value is -2.37. The van der Waals surface area contributed by atoms with E-state index in [1.807, 2.05) is 31.2 Å². The van der Waals surface area contributed by atoms with Gasteiger partial charge in [-0.15, -0.1) is 11.3 Å². The number of aryl methyl sites for hydroxylation is 4. The van der Waals surface area contributed by atoms with Crippen LogP contribution >= 0.6 is 23.1 Å². The van der Waals surface area contributed by atoms with Crippen LogP contribution in [0.5, 0.6) is 0 Å². The fourth-order valence-corrected chi connectivity index (χ4v) is 5.63. The summed E-state index contributed by atoms with van der Waals surface area (Å²) in [6, 6.07) is 16.6. The average Bonchev–Trinajstić information content (AvgIpc) is 3.03. The predicted molar refractivity (Wildman–Crippen MR) is 125 cm³/mol. The second-order valence-electron chi connectivity index (χ2n) is 7.33. The summed E-state index contributed by atoms with van der Waals surface area (Å²) in [5.74, 6) is 0.774. The monoisotopic (exact) mass is 420 g/mol. The van der Waals surface area contributed by atoms with E-state index in [9.17, 15) is 4.79 Å². The summed E-state index contributed by atoms with van der Waals surface area (Å²) >= 11 is 3.26. The van der Waals surface area contributed by atoms with Gasteiger partial charge in [0.1, 0.15) is 4.83 Å². The number of rotatable bonds is 5. The first-order chi connectivity index (χ1) is 14.0. The van der Waals surface area contributed by atoms with Crippen molar-refractivity contribution in [2.75, 3.05) is 0 Å². The summed E-state index contributed by atoms with van der Waals surface area (Å²) in [4.78, 5) is 20.6. The van der Waals surface area contributed by atoms with Crippen LogP contribution in [0, 0.1) is 20.8 Å². The number of thiophene rings is 1. The highest BCUT2D eigenvalue weighted by molar-refractivity contribution is 7.98. The molecular formula is C24H24N2OS2. The number of hydrogen-bond donors (Lipinski definition) is 0. The Bertz CT molecular complexity index is 1240. The van der Waals surface area contributed by atoms with Crippen molar-refractivity contribution in [3.63, 3.8) is 0 Å². The lowest BCUT2D eigenvalue weighted by atomic mass is 10.2. The molecular weight excluding hydrogens is 396 g/mol. The summed E-state index contributed by atoms with van der Waals surface area (Å²) in [5, 5.41) is 1.50. The van der Waals surface area contributed by atoms with Crippen molar-refractivity contribution in [2.24, 2.45) is 0 Å². The van der Waals surface area contributed by atoms with E-state index in [0.717, 1.165) is 38.8 Å². The molecule has 0 aliphatic rings. The minimum atomic E-state index is 0.0269. The number of aromatic nitrogens is 2. The van der Waals surface area contributed by atoms with Gasteiger partial charge in [0.15, 0.2) is 5.16 Å². The number of hydrogen-bond acceptors (Lipinski definition) is 4. The highest BCUT2D eigenvalue weighted by Crippen LogP contribution is 2.31. The van der Waals surface area contributed by atoms with Gasteiger partial charge in [0.25, 0.3) is 5.56 Å². The lowest BCUT2D eigenvalue weighted by Gasteiger charge is -2.13. The van der Waals surface area contributed by atoms with E-state index in [0.29, 0.717) is 0 Å². The van der Waals surface area contributed by atoms with Gasteiger partial charge in [-0.2, -0.15) is 0 Å². The molecule has 0 aliphatic heterocycles. The highest BCUT2D eigenvalue weighted by atomic mass is 32.2. The molecule has 2 aromatic carbocycles. The van der Waals surface area contributed by atoms with Crippen LogP contribution in [0.4, 0.5) is 0 Å². The molecule has 0 saturated carbocycles. The number of benzene rings is 2. The van der Waals surface area contributed by atoms with E-state index in [1.165, 1.54) is 21.6 Å². The molecule has 0 saturated heterocycles. The third-order valence-electron chi connectivity index (χ3n) is 5.10. The van der Waals surface area contributed by atoms with Gasteiger partial charge in [-0.1, -0.05) is 66.2 Å². The molecule has 2 aromatic heterocycles. The first-order valence-corrected chi connectivity index (χ1v) is 11.6. The molecule has 0 bridgehead atoms. The number of fused-ring (bicyclic) bond motifs is 1. The Morgan fingerprint density at radius 3 is 2.48 bits per heavy atom. The summed E-state index contributed by atoms with van der Waals surface area (Å²) in [7, 11) is 0. The maximum absolute atomic E-state index is 13.6. The van der Waals surface area contributed by atoms with Crippen LogP contribution in [0.25, 0.3) is 15.9 Å². The van der Waals surface area contributed by atoms with Crippen LogP contribution in [-0.2, 0) is 12.2 Å². The first kappa shape index (κ1) is 19.9. The van der Waals surface area contributed by atoms with Gasteiger partial charge in [0.2, 0.25) is 0 Å². The summed E-state index contributed by atoms with van der Waals surface area (Å²) in [6.07, 6.45) is 0.919. The maximum Gasteiger partial charge on any atom is 0.267 e. The normalized spacial score (nSPS) is 11.3. The van der Waals surface area contributed by atoms with Crippen molar-refractivity contribution in [3.8, 4) is 5.69 Å². The van der Waals surface area contributed by atoms with Gasteiger partial charge in [-0.3, -0.25) is 9.36 Å². The molecule has 2 heterocycles. The molecule has 0 amide bonds. The smallest absolute Gasteiger partial charge is 0.267 e. The zero-order valence-electron chi connectivity index (χ0n) is 17.2. The Morgan fingerprint density at radius 1 is 1.03 bits per heavy atom. The molecule has 3 nitrogen and oxygen atoms in total. The van der Waals surface area contributed by atoms with Gasteiger partial charge in [-0.05, 0) is 50.5 Å². The molecule has 4 rings (SSSR count). The van der Waals surface area contributed by atoms with E-state index in [2.05, 4.69) is 45.0 Å². The fourth-order valence-electron chi connectivity index (χ4n) is 3.52.